The summed E-state index contributed by atoms with van der Waals surface area (Å²) in [4.78, 5) is 18.3. The molecule has 6 rings (SSSR count). The lowest BCUT2D eigenvalue weighted by molar-refractivity contribution is 0.362. The fourth-order valence-corrected chi connectivity index (χ4v) is 10.2. The van der Waals surface area contributed by atoms with Gasteiger partial charge >= 0.3 is 0 Å². The van der Waals surface area contributed by atoms with Crippen LogP contribution in [0, 0.1) is 0 Å². The lowest BCUT2D eigenvalue weighted by atomic mass is 9.71. The minimum Gasteiger partial charge on any atom is -0.490 e. The van der Waals surface area contributed by atoms with Gasteiger partial charge < -0.3 is 14.2 Å². The number of nitrogens with zero attached hydrogens (tertiary/aromatic N) is 3. The third kappa shape index (κ3) is 22.7. The molecule has 0 saturated carbocycles. The molecule has 0 bridgehead atoms. The zero-order valence-corrected chi connectivity index (χ0v) is 45.4. The van der Waals surface area contributed by atoms with Crippen LogP contribution in [0.4, 0.5) is 0 Å². The second-order valence-corrected chi connectivity index (χ2v) is 21.0. The highest BCUT2D eigenvalue weighted by Crippen LogP contribution is 2.41. The van der Waals surface area contributed by atoms with Crippen LogP contribution in [0.5, 0.6) is 17.2 Å². The molecule has 0 N–H and O–H groups in total. The molecule has 0 saturated heterocycles. The molecule has 6 aromatic rings. The summed E-state index contributed by atoms with van der Waals surface area (Å²) >= 11 is 10.1. The Hall–Kier alpha value is -5.47. The van der Waals surface area contributed by atoms with Gasteiger partial charge in [-0.1, -0.05) is 167 Å². The van der Waals surface area contributed by atoms with E-state index in [0.29, 0.717) is 19.8 Å². The molecule has 0 aliphatic heterocycles. The van der Waals surface area contributed by atoms with Gasteiger partial charge in [-0.25, -0.2) is 0 Å². The molecule has 0 unspecified atom stereocenters. The molecule has 5 aromatic carbocycles. The van der Waals surface area contributed by atoms with Crippen LogP contribution in [0.1, 0.15) is 38.5 Å². The SMILES string of the molecule is C.C.C=CCOc1ccc(C(C)(c2ccc(OCC=C)cc2)c2ccc(OCC=C)cc2)cc1.C=CCSc1ccc(Sc2ccc(SCC=C)cc2)cc1.C=CCSc1nc(SCC=C)nc(SCC=C)n1. The van der Waals surface area contributed by atoms with Crippen molar-refractivity contribution in [2.24, 2.45) is 0 Å². The number of hydrogen-bond acceptors (Lipinski definition) is 12. The van der Waals surface area contributed by atoms with Gasteiger partial charge in [0.1, 0.15) is 37.1 Å². The smallest absolute Gasteiger partial charge is 0.192 e. The molecule has 1 aromatic heterocycles. The summed E-state index contributed by atoms with van der Waals surface area (Å²) in [6.45, 7) is 33.3. The Kier molecular flexibility index (Phi) is 32.5. The first kappa shape index (κ1) is 63.6. The molecule has 0 spiro atoms. The van der Waals surface area contributed by atoms with Crippen molar-refractivity contribution in [3.8, 4) is 17.2 Å². The third-order valence-corrected chi connectivity index (χ3v) is 15.1. The monoisotopic (exact) mass is 1090 g/mol. The first-order valence-electron chi connectivity index (χ1n) is 22.6. The zero-order chi connectivity index (χ0) is 50.9. The van der Waals surface area contributed by atoms with Crippen molar-refractivity contribution < 1.29 is 14.2 Å². The van der Waals surface area contributed by atoms with E-state index in [4.69, 9.17) is 14.2 Å². The Balaban J connectivity index is 0.000000390. The van der Waals surface area contributed by atoms with E-state index in [0.717, 1.165) is 78.2 Å². The van der Waals surface area contributed by atoms with Gasteiger partial charge in [0.25, 0.3) is 0 Å². The second-order valence-electron chi connectivity index (χ2n) is 14.7. The van der Waals surface area contributed by atoms with Crippen molar-refractivity contribution in [3.05, 3.63) is 239 Å². The van der Waals surface area contributed by atoms with E-state index >= 15 is 0 Å². The summed E-state index contributed by atoms with van der Waals surface area (Å²) in [7, 11) is 0. The quantitative estimate of drug-likeness (QED) is 0.0255. The number of thioether (sulfide) groups is 5. The molecule has 73 heavy (non-hydrogen) atoms. The molecule has 0 aliphatic carbocycles. The van der Waals surface area contributed by atoms with Gasteiger partial charge in [-0.05, 0) is 109 Å². The fourth-order valence-electron chi connectivity index (χ4n) is 6.19. The molecule has 384 valence electrons. The van der Waals surface area contributed by atoms with E-state index in [2.05, 4.69) is 159 Å². The van der Waals surface area contributed by atoms with E-state index in [1.165, 1.54) is 19.6 Å². The first-order chi connectivity index (χ1) is 34.7. The Morgan fingerprint density at radius 1 is 0.356 bits per heavy atom. The molecule has 0 aliphatic rings. The summed E-state index contributed by atoms with van der Waals surface area (Å²) in [5.74, 6) is 6.74. The van der Waals surface area contributed by atoms with E-state index in [9.17, 15) is 0 Å². The van der Waals surface area contributed by atoms with Gasteiger partial charge in [0.2, 0.25) is 0 Å². The van der Waals surface area contributed by atoms with E-state index < -0.39 is 0 Å². The average molecular weight is 1090 g/mol. The highest BCUT2D eigenvalue weighted by atomic mass is 32.2. The Bertz CT molecular complexity index is 2310. The first-order valence-corrected chi connectivity index (χ1v) is 28.3. The van der Waals surface area contributed by atoms with Crippen molar-refractivity contribution in [1.29, 1.82) is 0 Å². The molecule has 6 nitrogen and oxygen atoms in total. The number of benzene rings is 5. The van der Waals surface area contributed by atoms with Crippen LogP contribution < -0.4 is 14.2 Å². The largest absolute Gasteiger partial charge is 0.490 e. The second kappa shape index (κ2) is 37.3. The number of rotatable bonds is 29. The predicted octanol–water partition coefficient (Wildman–Crippen LogP) is 18.1. The molecule has 0 amide bonds. The fraction of sp³-hybridized carbons (Fsp3) is 0.197. The van der Waals surface area contributed by atoms with Gasteiger partial charge in [-0.15, -0.1) is 56.4 Å². The van der Waals surface area contributed by atoms with Gasteiger partial charge in [0, 0.05) is 53.8 Å². The van der Waals surface area contributed by atoms with E-state index in [1.807, 2.05) is 66.8 Å². The van der Waals surface area contributed by atoms with Gasteiger partial charge in [0.05, 0.1) is 0 Å². The molecular weight excluding hydrogens is 1020 g/mol. The maximum Gasteiger partial charge on any atom is 0.192 e. The summed E-state index contributed by atoms with van der Waals surface area (Å²) in [5.41, 5.74) is 3.08. The van der Waals surface area contributed by atoms with Crippen LogP contribution in [0.15, 0.2) is 258 Å². The van der Waals surface area contributed by atoms with E-state index in [1.54, 1.807) is 88.8 Å². The van der Waals surface area contributed by atoms with Gasteiger partial charge in [-0.3, -0.25) is 0 Å². The average Bonchev–Trinajstić information content (AvgIpc) is 3.41. The summed E-state index contributed by atoms with van der Waals surface area (Å²) in [5, 5.41) is 2.22. The maximum absolute atomic E-state index is 5.67. The molecule has 0 atom stereocenters. The van der Waals surface area contributed by atoms with E-state index in [-0.39, 0.29) is 20.3 Å². The molecule has 0 radical (unpaired) electrons. The maximum atomic E-state index is 5.67. The van der Waals surface area contributed by atoms with Crippen molar-refractivity contribution in [2.75, 3.05) is 48.6 Å². The topological polar surface area (TPSA) is 66.4 Å². The Morgan fingerprint density at radius 3 is 0.849 bits per heavy atom. The lowest BCUT2D eigenvalue weighted by Crippen LogP contribution is -2.25. The van der Waals surface area contributed by atoms with Crippen molar-refractivity contribution >= 4 is 70.6 Å². The standard InChI is InChI=1S/C29H30O3.C18H18S3.C12H15N3S3.2CH4/c1-5-20-30-26-14-8-23(9-15-26)29(4,24-10-16-27(17-11-24)31-21-6-2)25-12-18-28(19-13-25)32-22-7-3;1-3-13-19-15-5-9-17(10-6-15)21-18-11-7-16(8-12-18)20-14-4-2;1-4-7-16-10-13-11(17-8-5-2)15-12(14-10)18-9-6-3;;/h5-19H,1-3,20-22H2,4H3;3-12H,1-2,13-14H2;4-6H,1-3,7-9H2;2*1H4. The number of hydrogen-bond donors (Lipinski definition) is 0. The van der Waals surface area contributed by atoms with Crippen LogP contribution >= 0.6 is 70.6 Å². The predicted molar refractivity (Wildman–Crippen MR) is 327 cm³/mol. The lowest BCUT2D eigenvalue weighted by Gasteiger charge is -2.32. The molecule has 0 fully saturated rings. The van der Waals surface area contributed by atoms with Crippen LogP contribution in [-0.4, -0.2) is 63.5 Å². The normalized spacial score (nSPS) is 10.2. The number of ether oxygens (including phenoxy) is 3. The number of aromatic nitrogens is 3. The molecule has 12 heteroatoms. The Morgan fingerprint density at radius 2 is 0.603 bits per heavy atom. The highest BCUT2D eigenvalue weighted by molar-refractivity contribution is 8.01. The Labute approximate surface area is 463 Å². The summed E-state index contributed by atoms with van der Waals surface area (Å²) in [6.07, 6.45) is 14.6. The van der Waals surface area contributed by atoms with Crippen LogP contribution in [0.25, 0.3) is 0 Å². The van der Waals surface area contributed by atoms with Crippen molar-refractivity contribution in [3.63, 3.8) is 0 Å². The van der Waals surface area contributed by atoms with Crippen LogP contribution in [0.2, 0.25) is 0 Å². The van der Waals surface area contributed by atoms with Crippen molar-refractivity contribution in [2.45, 2.75) is 62.2 Å². The highest BCUT2D eigenvalue weighted by Gasteiger charge is 2.31. The summed E-state index contributed by atoms with van der Waals surface area (Å²) in [6, 6.07) is 42.1. The van der Waals surface area contributed by atoms with Gasteiger partial charge in [-0.2, -0.15) is 15.0 Å². The molecule has 1 heterocycles. The summed E-state index contributed by atoms with van der Waals surface area (Å²) < 4.78 is 17.0. The third-order valence-electron chi connectivity index (χ3n) is 9.58. The molecular formula is C61H71N3O3S6. The van der Waals surface area contributed by atoms with Crippen LogP contribution in [0.3, 0.4) is 0 Å². The zero-order valence-electron chi connectivity index (χ0n) is 40.5. The minimum absolute atomic E-state index is 0. The van der Waals surface area contributed by atoms with Crippen LogP contribution in [-0.2, 0) is 5.41 Å². The minimum atomic E-state index is -0.384. The van der Waals surface area contributed by atoms with Crippen molar-refractivity contribution in [1.82, 2.24) is 15.0 Å². The van der Waals surface area contributed by atoms with Gasteiger partial charge in [0.15, 0.2) is 15.5 Å².